The number of amides is 2. The molecule has 3 aliphatic rings. The summed E-state index contributed by atoms with van der Waals surface area (Å²) in [6.07, 6.45) is 6.54. The van der Waals surface area contributed by atoms with Gasteiger partial charge in [0.25, 0.3) is 0 Å². The van der Waals surface area contributed by atoms with Crippen LogP contribution in [0.15, 0.2) is 29.4 Å². The van der Waals surface area contributed by atoms with Crippen LogP contribution >= 0.6 is 11.8 Å². The maximum absolute atomic E-state index is 13.5. The molecule has 5 atom stereocenters. The average Bonchev–Trinajstić information content (AvgIpc) is 3.53. The third-order valence-electron chi connectivity index (χ3n) is 7.77. The van der Waals surface area contributed by atoms with Gasteiger partial charge in [0.15, 0.2) is 0 Å². The second-order valence-corrected chi connectivity index (χ2v) is 11.0. The van der Waals surface area contributed by atoms with Gasteiger partial charge in [0.2, 0.25) is 11.8 Å². The minimum absolute atomic E-state index is 0.00598. The van der Waals surface area contributed by atoms with E-state index in [9.17, 15) is 22.8 Å². The number of piperidine rings is 1. The van der Waals surface area contributed by atoms with Crippen molar-refractivity contribution < 1.29 is 22.8 Å². The summed E-state index contributed by atoms with van der Waals surface area (Å²) in [6.45, 7) is -0.0134. The molecule has 3 fully saturated rings. The average molecular weight is 534 g/mol. The summed E-state index contributed by atoms with van der Waals surface area (Å²) in [4.78, 5) is 26.3. The fraction of sp³-hybridized carbons (Fsp3) is 0.538. The van der Waals surface area contributed by atoms with E-state index in [4.69, 9.17) is 0 Å². The highest BCUT2D eigenvalue weighted by Crippen LogP contribution is 2.42. The number of rotatable bonds is 6. The van der Waals surface area contributed by atoms with Crippen molar-refractivity contribution in [2.75, 3.05) is 26.0 Å². The van der Waals surface area contributed by atoms with Crippen molar-refractivity contribution in [3.8, 4) is 11.8 Å². The van der Waals surface area contributed by atoms with Crippen LogP contribution in [0.5, 0.6) is 0 Å². The molecular weight excluding hydrogens is 503 g/mol. The molecule has 0 aromatic carbocycles. The Morgan fingerprint density at radius 2 is 1.92 bits per heavy atom. The first-order chi connectivity index (χ1) is 17.7. The van der Waals surface area contributed by atoms with Crippen molar-refractivity contribution in [3.05, 3.63) is 30.0 Å². The Hall–Kier alpha value is -2.84. The van der Waals surface area contributed by atoms with Gasteiger partial charge in [-0.25, -0.2) is 0 Å². The topological polar surface area (TPSA) is 77.9 Å². The monoisotopic (exact) mass is 533 g/mol. The molecule has 1 aliphatic carbocycles. The number of anilines is 1. The number of nitrogens with one attached hydrogen (secondary N) is 3. The largest absolute Gasteiger partial charge is 0.447 e. The van der Waals surface area contributed by atoms with Crippen molar-refractivity contribution in [1.82, 2.24) is 19.9 Å². The molecule has 1 saturated carbocycles. The summed E-state index contributed by atoms with van der Waals surface area (Å²) >= 11 is -0.192. The van der Waals surface area contributed by atoms with Crippen molar-refractivity contribution in [1.29, 1.82) is 0 Å². The highest BCUT2D eigenvalue weighted by atomic mass is 32.2. The van der Waals surface area contributed by atoms with Crippen molar-refractivity contribution >= 4 is 34.8 Å². The van der Waals surface area contributed by atoms with Crippen molar-refractivity contribution in [2.24, 2.45) is 11.8 Å². The molecule has 2 aliphatic heterocycles. The summed E-state index contributed by atoms with van der Waals surface area (Å²) in [5.41, 5.74) is -2.81. The molecule has 0 radical (unpaired) electrons. The number of carbonyl (C=O) groups excluding carboxylic acids is 2. The van der Waals surface area contributed by atoms with E-state index >= 15 is 0 Å². The summed E-state index contributed by atoms with van der Waals surface area (Å²) in [7, 11) is 3.68. The molecule has 198 valence electrons. The summed E-state index contributed by atoms with van der Waals surface area (Å²) < 4.78 is 41.9. The molecule has 5 rings (SSSR count). The van der Waals surface area contributed by atoms with Crippen LogP contribution < -0.4 is 16.0 Å². The number of pyridine rings is 1. The third kappa shape index (κ3) is 5.41. The van der Waals surface area contributed by atoms with E-state index < -0.39 is 5.51 Å². The standard InChI is InChI=1S/C26H30F3N5O2S/c1-30-23(35)17-14-18(17)24(36)31-11-3-5-15-13-22-19(6-4-12-34(22)25(15)37-26(27,28)29)32-20-9-7-16-8-10-21(20)33(16)2/h4,6,12-13,16-18,20-21,32H,7-11,14H2,1-2H3,(H,30,35)(H,31,36)/t16-,17-,18-,20-,21-/m1/s1. The molecule has 2 aromatic rings. The first-order valence-corrected chi connectivity index (χ1v) is 13.3. The number of halogens is 3. The summed E-state index contributed by atoms with van der Waals surface area (Å²) in [5, 5.41) is 8.80. The zero-order chi connectivity index (χ0) is 26.3. The number of aromatic nitrogens is 1. The molecule has 3 N–H and O–H groups in total. The molecule has 7 nitrogen and oxygen atoms in total. The summed E-state index contributed by atoms with van der Waals surface area (Å²) in [5.74, 6) is 4.47. The molecule has 11 heteroatoms. The number of nitrogens with zero attached hydrogens (tertiary/aromatic N) is 2. The second kappa shape index (κ2) is 10.1. The van der Waals surface area contributed by atoms with Gasteiger partial charge in [-0.15, -0.1) is 0 Å². The fourth-order valence-corrected chi connectivity index (χ4v) is 6.46. The van der Waals surface area contributed by atoms with E-state index in [2.05, 4.69) is 39.7 Å². The number of likely N-dealkylation sites (N-methyl/N-ethyl adjacent to an activating group) is 1. The fourth-order valence-electron chi connectivity index (χ4n) is 5.77. The van der Waals surface area contributed by atoms with Crippen LogP contribution in [-0.2, 0) is 9.59 Å². The smallest absolute Gasteiger partial charge is 0.379 e. The van der Waals surface area contributed by atoms with Crippen LogP contribution in [-0.4, -0.2) is 65.4 Å². The van der Waals surface area contributed by atoms with E-state index in [1.807, 2.05) is 6.07 Å². The predicted octanol–water partition coefficient (Wildman–Crippen LogP) is 3.44. The van der Waals surface area contributed by atoms with Crippen LogP contribution in [0.4, 0.5) is 18.9 Å². The van der Waals surface area contributed by atoms with Crippen molar-refractivity contribution in [2.45, 2.75) is 60.8 Å². The lowest BCUT2D eigenvalue weighted by molar-refractivity contribution is -0.126. The van der Waals surface area contributed by atoms with Gasteiger partial charge in [-0.05, 0) is 57.4 Å². The van der Waals surface area contributed by atoms with Gasteiger partial charge >= 0.3 is 5.51 Å². The van der Waals surface area contributed by atoms with E-state index in [0.29, 0.717) is 24.0 Å². The first-order valence-electron chi connectivity index (χ1n) is 12.5. The first kappa shape index (κ1) is 25.8. The lowest BCUT2D eigenvalue weighted by atomic mass is 9.97. The SMILES string of the molecule is CNC(=O)[C@@H]1C[C@H]1C(=O)NCC#Cc1cc2c(N[C@@H]3CC[C@@H]4CC[C@H]3N4C)cccn2c1SC(F)(F)F. The Labute approximate surface area is 217 Å². The maximum Gasteiger partial charge on any atom is 0.447 e. The lowest BCUT2D eigenvalue weighted by Gasteiger charge is -2.38. The molecule has 37 heavy (non-hydrogen) atoms. The Morgan fingerprint density at radius 3 is 2.68 bits per heavy atom. The van der Waals surface area contributed by atoms with Crippen LogP contribution in [0.3, 0.4) is 0 Å². The normalized spacial score (nSPS) is 26.9. The molecule has 4 heterocycles. The van der Waals surface area contributed by atoms with E-state index in [0.717, 1.165) is 24.9 Å². The number of fused-ring (bicyclic) bond motifs is 3. The Bertz CT molecular complexity index is 1270. The minimum atomic E-state index is -4.48. The van der Waals surface area contributed by atoms with Gasteiger partial charge in [-0.2, -0.15) is 13.2 Å². The molecule has 0 spiro atoms. The lowest BCUT2D eigenvalue weighted by Crippen LogP contribution is -2.48. The van der Waals surface area contributed by atoms with Crippen LogP contribution in [0.25, 0.3) is 5.52 Å². The molecular formula is C26H30F3N5O2S. The highest BCUT2D eigenvalue weighted by Gasteiger charge is 2.47. The van der Waals surface area contributed by atoms with Gasteiger partial charge in [0.1, 0.15) is 5.03 Å². The zero-order valence-electron chi connectivity index (χ0n) is 20.7. The number of hydrogen-bond donors (Lipinski definition) is 3. The zero-order valence-corrected chi connectivity index (χ0v) is 21.5. The highest BCUT2D eigenvalue weighted by molar-refractivity contribution is 8.00. The van der Waals surface area contributed by atoms with Crippen LogP contribution in [0, 0.1) is 23.7 Å². The Balaban J connectivity index is 1.35. The molecule has 2 amide bonds. The maximum atomic E-state index is 13.5. The predicted molar refractivity (Wildman–Crippen MR) is 136 cm³/mol. The van der Waals surface area contributed by atoms with E-state index in [1.54, 1.807) is 18.3 Å². The Morgan fingerprint density at radius 1 is 1.16 bits per heavy atom. The minimum Gasteiger partial charge on any atom is -0.379 e. The quantitative estimate of drug-likeness (QED) is 0.392. The Kier molecular flexibility index (Phi) is 7.07. The van der Waals surface area contributed by atoms with Gasteiger partial charge in [-0.1, -0.05) is 11.8 Å². The molecule has 2 aromatic heterocycles. The van der Waals surface area contributed by atoms with Gasteiger partial charge < -0.3 is 20.4 Å². The van der Waals surface area contributed by atoms with Gasteiger partial charge in [0.05, 0.1) is 35.1 Å². The van der Waals surface area contributed by atoms with E-state index in [1.165, 1.54) is 17.9 Å². The number of hydrogen-bond acceptors (Lipinski definition) is 5. The van der Waals surface area contributed by atoms with Gasteiger partial charge in [0, 0.05) is 43.1 Å². The summed E-state index contributed by atoms with van der Waals surface area (Å²) in [6, 6.07) is 6.59. The van der Waals surface area contributed by atoms with Gasteiger partial charge in [-0.3, -0.25) is 14.5 Å². The second-order valence-electron chi connectivity index (χ2n) is 9.96. The molecule has 2 bridgehead atoms. The third-order valence-corrected chi connectivity index (χ3v) is 8.61. The molecule has 2 saturated heterocycles. The van der Waals surface area contributed by atoms with Crippen LogP contribution in [0.1, 0.15) is 37.7 Å². The number of thioether (sulfide) groups is 1. The van der Waals surface area contributed by atoms with Crippen LogP contribution in [0.2, 0.25) is 0 Å². The number of carbonyl (C=O) groups is 2. The van der Waals surface area contributed by atoms with Crippen molar-refractivity contribution in [3.63, 3.8) is 0 Å². The van der Waals surface area contributed by atoms with E-state index in [-0.39, 0.29) is 58.6 Å². The number of alkyl halides is 3. The molecule has 0 unspecified atom stereocenters.